The van der Waals surface area contributed by atoms with Crippen LogP contribution >= 0.6 is 0 Å². The number of fused-ring (bicyclic) bond motifs is 1. The molecule has 3 heteroatoms. The van der Waals surface area contributed by atoms with E-state index in [-0.39, 0.29) is 11.1 Å². The fourth-order valence-electron chi connectivity index (χ4n) is 1.54. The number of rotatable bonds is 0. The van der Waals surface area contributed by atoms with E-state index in [0.717, 1.165) is 0 Å². The van der Waals surface area contributed by atoms with E-state index in [2.05, 4.69) is 0 Å². The summed E-state index contributed by atoms with van der Waals surface area (Å²) in [7, 11) is 0. The molecule has 0 radical (unpaired) electrons. The Bertz CT molecular complexity index is 618. The Morgan fingerprint density at radius 2 is 1.67 bits per heavy atom. The predicted molar refractivity (Wildman–Crippen MR) is 53.3 cm³/mol. The van der Waals surface area contributed by atoms with Crippen LogP contribution in [0.15, 0.2) is 30.3 Å². The maximum Gasteiger partial charge on any atom is 0.142 e. The number of nitrogens with zero attached hydrogens (tertiary/aromatic N) is 2. The van der Waals surface area contributed by atoms with E-state index < -0.39 is 5.82 Å². The summed E-state index contributed by atoms with van der Waals surface area (Å²) in [5.41, 5.74) is -0.0794. The molecule has 70 valence electrons. The summed E-state index contributed by atoms with van der Waals surface area (Å²) in [6, 6.07) is 11.8. The van der Waals surface area contributed by atoms with Crippen LogP contribution in [-0.4, -0.2) is 0 Å². The molecule has 0 aromatic heterocycles. The molecule has 0 saturated carbocycles. The molecular weight excluding hydrogens is 191 g/mol. The first-order valence-electron chi connectivity index (χ1n) is 4.29. The number of benzene rings is 2. The van der Waals surface area contributed by atoms with Gasteiger partial charge in [0.25, 0.3) is 0 Å². The van der Waals surface area contributed by atoms with Crippen molar-refractivity contribution in [3.63, 3.8) is 0 Å². The molecule has 0 spiro atoms. The lowest BCUT2D eigenvalue weighted by Crippen LogP contribution is -1.91. The number of nitriles is 2. The Balaban J connectivity index is 3.01. The summed E-state index contributed by atoms with van der Waals surface area (Å²) >= 11 is 0. The molecule has 2 nitrogen and oxygen atoms in total. The van der Waals surface area contributed by atoms with E-state index >= 15 is 0 Å². The molecule has 2 aromatic carbocycles. The molecule has 0 heterocycles. The van der Waals surface area contributed by atoms with Crippen LogP contribution in [0.5, 0.6) is 0 Å². The zero-order valence-corrected chi connectivity index (χ0v) is 7.66. The lowest BCUT2D eigenvalue weighted by Gasteiger charge is -2.02. The number of hydrogen-bond acceptors (Lipinski definition) is 2. The summed E-state index contributed by atoms with van der Waals surface area (Å²) in [4.78, 5) is 0. The van der Waals surface area contributed by atoms with E-state index in [1.165, 1.54) is 6.07 Å². The van der Waals surface area contributed by atoms with Gasteiger partial charge in [-0.05, 0) is 11.5 Å². The molecule has 0 aliphatic carbocycles. The molecule has 15 heavy (non-hydrogen) atoms. The quantitative estimate of drug-likeness (QED) is 0.650. The summed E-state index contributed by atoms with van der Waals surface area (Å²) in [5, 5.41) is 18.9. The minimum atomic E-state index is -0.646. The molecule has 0 saturated heterocycles. The largest absolute Gasteiger partial charge is 0.205 e. The Morgan fingerprint density at radius 1 is 1.00 bits per heavy atom. The topological polar surface area (TPSA) is 47.6 Å². The minimum absolute atomic E-state index is 0.105. The summed E-state index contributed by atoms with van der Waals surface area (Å²) in [6.45, 7) is 0. The highest BCUT2D eigenvalue weighted by atomic mass is 19.1. The van der Waals surface area contributed by atoms with Crippen LogP contribution in [0.25, 0.3) is 10.8 Å². The average Bonchev–Trinajstić information content (AvgIpc) is 2.27. The SMILES string of the molecule is N#Cc1c(F)cc2ccccc2c1C#N. The fraction of sp³-hybridized carbons (Fsp3) is 0. The summed E-state index contributed by atoms with van der Waals surface area (Å²) < 4.78 is 13.4. The van der Waals surface area contributed by atoms with Gasteiger partial charge in [0.1, 0.15) is 23.5 Å². The third kappa shape index (κ3) is 1.31. The fourth-order valence-corrected chi connectivity index (χ4v) is 1.54. The van der Waals surface area contributed by atoms with Crippen molar-refractivity contribution < 1.29 is 4.39 Å². The maximum atomic E-state index is 13.4. The Hall–Kier alpha value is -2.39. The maximum absolute atomic E-state index is 13.4. The van der Waals surface area contributed by atoms with Crippen LogP contribution in [0.4, 0.5) is 4.39 Å². The number of halogens is 1. The van der Waals surface area contributed by atoms with E-state index in [4.69, 9.17) is 10.5 Å². The van der Waals surface area contributed by atoms with E-state index in [0.29, 0.717) is 10.8 Å². The van der Waals surface area contributed by atoms with Gasteiger partial charge in [0.05, 0.1) is 5.56 Å². The van der Waals surface area contributed by atoms with Crippen molar-refractivity contribution in [1.29, 1.82) is 10.5 Å². The van der Waals surface area contributed by atoms with Crippen LogP contribution < -0.4 is 0 Å². The van der Waals surface area contributed by atoms with Crippen LogP contribution in [-0.2, 0) is 0 Å². The van der Waals surface area contributed by atoms with Gasteiger partial charge in [0.2, 0.25) is 0 Å². The summed E-state index contributed by atoms with van der Waals surface area (Å²) in [5.74, 6) is -0.646. The van der Waals surface area contributed by atoms with Crippen LogP contribution in [0.3, 0.4) is 0 Å². The zero-order valence-electron chi connectivity index (χ0n) is 7.66. The first-order chi connectivity index (χ1) is 7.27. The van der Waals surface area contributed by atoms with Gasteiger partial charge >= 0.3 is 0 Å². The highest BCUT2D eigenvalue weighted by molar-refractivity contribution is 5.90. The minimum Gasteiger partial charge on any atom is -0.205 e. The van der Waals surface area contributed by atoms with Crippen molar-refractivity contribution in [2.75, 3.05) is 0 Å². The van der Waals surface area contributed by atoms with E-state index in [1.807, 2.05) is 6.07 Å². The normalized spacial score (nSPS) is 9.53. The molecular formula is C12H5FN2. The molecule has 0 amide bonds. The van der Waals surface area contributed by atoms with Gasteiger partial charge in [-0.15, -0.1) is 0 Å². The molecule has 0 fully saturated rings. The molecule has 0 unspecified atom stereocenters. The number of hydrogen-bond donors (Lipinski definition) is 0. The van der Waals surface area contributed by atoms with Gasteiger partial charge in [-0.2, -0.15) is 10.5 Å². The first-order valence-corrected chi connectivity index (χ1v) is 4.29. The first kappa shape index (κ1) is 9.18. The lowest BCUT2D eigenvalue weighted by atomic mass is 10.00. The average molecular weight is 196 g/mol. The predicted octanol–water partition coefficient (Wildman–Crippen LogP) is 2.72. The second-order valence-electron chi connectivity index (χ2n) is 3.05. The van der Waals surface area contributed by atoms with E-state index in [9.17, 15) is 4.39 Å². The van der Waals surface area contributed by atoms with Gasteiger partial charge in [0, 0.05) is 5.39 Å². The van der Waals surface area contributed by atoms with Crippen LogP contribution in [0, 0.1) is 28.5 Å². The van der Waals surface area contributed by atoms with Gasteiger partial charge in [-0.3, -0.25) is 0 Å². The van der Waals surface area contributed by atoms with Gasteiger partial charge in [-0.1, -0.05) is 24.3 Å². The molecule has 0 N–H and O–H groups in total. The van der Waals surface area contributed by atoms with Crippen LogP contribution in [0.2, 0.25) is 0 Å². The van der Waals surface area contributed by atoms with E-state index in [1.54, 1.807) is 30.3 Å². The van der Waals surface area contributed by atoms with Gasteiger partial charge in [0.15, 0.2) is 0 Å². The Morgan fingerprint density at radius 3 is 2.33 bits per heavy atom. The Kier molecular flexibility index (Phi) is 2.08. The van der Waals surface area contributed by atoms with Crippen LogP contribution in [0.1, 0.15) is 11.1 Å². The van der Waals surface area contributed by atoms with Crippen molar-refractivity contribution in [3.05, 3.63) is 47.3 Å². The molecule has 0 atom stereocenters. The third-order valence-corrected chi connectivity index (χ3v) is 2.22. The Labute approximate surface area is 85.8 Å². The molecule has 2 rings (SSSR count). The van der Waals surface area contributed by atoms with Gasteiger partial charge in [-0.25, -0.2) is 4.39 Å². The summed E-state index contributed by atoms with van der Waals surface area (Å²) in [6.07, 6.45) is 0. The standard InChI is InChI=1S/C12H5FN2/c13-12-5-8-3-1-2-4-9(8)10(6-14)11(12)7-15/h1-5H. The lowest BCUT2D eigenvalue weighted by molar-refractivity contribution is 0.625. The van der Waals surface area contributed by atoms with Crippen molar-refractivity contribution >= 4 is 10.8 Å². The van der Waals surface area contributed by atoms with Gasteiger partial charge < -0.3 is 0 Å². The zero-order chi connectivity index (χ0) is 10.8. The van der Waals surface area contributed by atoms with Crippen molar-refractivity contribution in [2.24, 2.45) is 0 Å². The third-order valence-electron chi connectivity index (χ3n) is 2.22. The molecule has 2 aromatic rings. The smallest absolute Gasteiger partial charge is 0.142 e. The second kappa shape index (κ2) is 3.40. The molecule has 0 aliphatic rings. The molecule has 0 bridgehead atoms. The molecule has 0 aliphatic heterocycles. The second-order valence-corrected chi connectivity index (χ2v) is 3.05. The highest BCUT2D eigenvalue weighted by Gasteiger charge is 2.12. The van der Waals surface area contributed by atoms with Crippen molar-refractivity contribution in [2.45, 2.75) is 0 Å². The monoisotopic (exact) mass is 196 g/mol. The highest BCUT2D eigenvalue weighted by Crippen LogP contribution is 2.23. The van der Waals surface area contributed by atoms with Crippen molar-refractivity contribution in [1.82, 2.24) is 0 Å². The van der Waals surface area contributed by atoms with Crippen molar-refractivity contribution in [3.8, 4) is 12.1 Å².